The van der Waals surface area contributed by atoms with Gasteiger partial charge in [0.2, 0.25) is 5.91 Å². The number of unbranched alkanes of at least 4 members (excludes halogenated alkanes) is 6. The SMILES string of the molecule is CCCCCCCCCn1c(C(C)NC(=O)C2CCCO2)nc2ccccc21. The third-order valence-corrected chi connectivity index (χ3v) is 5.64. The third kappa shape index (κ3) is 5.34. The van der Waals surface area contributed by atoms with Crippen LogP contribution in [0.4, 0.5) is 0 Å². The molecule has 1 aromatic carbocycles. The molecule has 0 radical (unpaired) electrons. The molecule has 5 heteroatoms. The monoisotopic (exact) mass is 385 g/mol. The average molecular weight is 386 g/mol. The molecule has 1 fully saturated rings. The Balaban J connectivity index is 1.63. The maximum atomic E-state index is 12.5. The smallest absolute Gasteiger partial charge is 0.249 e. The number of rotatable bonds is 11. The second-order valence-electron chi connectivity index (χ2n) is 7.96. The van der Waals surface area contributed by atoms with Crippen molar-refractivity contribution in [2.75, 3.05) is 6.61 Å². The van der Waals surface area contributed by atoms with Crippen molar-refractivity contribution >= 4 is 16.9 Å². The van der Waals surface area contributed by atoms with E-state index in [0.717, 1.165) is 42.7 Å². The number of amides is 1. The van der Waals surface area contributed by atoms with Gasteiger partial charge < -0.3 is 14.6 Å². The van der Waals surface area contributed by atoms with Gasteiger partial charge in [0.05, 0.1) is 17.1 Å². The molecule has 2 atom stereocenters. The molecule has 154 valence electrons. The Hall–Kier alpha value is -1.88. The lowest BCUT2D eigenvalue weighted by Crippen LogP contribution is -2.36. The summed E-state index contributed by atoms with van der Waals surface area (Å²) in [6.45, 7) is 5.91. The molecule has 2 unspecified atom stereocenters. The van der Waals surface area contributed by atoms with Crippen LogP contribution in [0.25, 0.3) is 11.0 Å². The van der Waals surface area contributed by atoms with Crippen LogP contribution in [-0.4, -0.2) is 28.2 Å². The van der Waals surface area contributed by atoms with Gasteiger partial charge in [0.25, 0.3) is 0 Å². The summed E-state index contributed by atoms with van der Waals surface area (Å²) in [7, 11) is 0. The van der Waals surface area contributed by atoms with E-state index < -0.39 is 0 Å². The molecule has 0 aliphatic carbocycles. The summed E-state index contributed by atoms with van der Waals surface area (Å²) in [5.41, 5.74) is 2.15. The maximum absolute atomic E-state index is 12.5. The number of carbonyl (C=O) groups excluding carboxylic acids is 1. The van der Waals surface area contributed by atoms with Gasteiger partial charge in [-0.05, 0) is 38.3 Å². The molecule has 3 rings (SSSR count). The van der Waals surface area contributed by atoms with Crippen LogP contribution in [0.2, 0.25) is 0 Å². The minimum absolute atomic E-state index is 0.0143. The normalized spacial score (nSPS) is 17.9. The van der Waals surface area contributed by atoms with Crippen LogP contribution < -0.4 is 5.32 Å². The molecular weight excluding hydrogens is 350 g/mol. The van der Waals surface area contributed by atoms with Crippen molar-refractivity contribution in [3.63, 3.8) is 0 Å². The average Bonchev–Trinajstić information content (AvgIpc) is 3.36. The Morgan fingerprint density at radius 3 is 2.71 bits per heavy atom. The highest BCUT2D eigenvalue weighted by Crippen LogP contribution is 2.23. The highest BCUT2D eigenvalue weighted by molar-refractivity contribution is 5.81. The van der Waals surface area contributed by atoms with E-state index in [-0.39, 0.29) is 18.1 Å². The number of hydrogen-bond acceptors (Lipinski definition) is 3. The fourth-order valence-corrected chi connectivity index (χ4v) is 4.04. The van der Waals surface area contributed by atoms with E-state index in [1.54, 1.807) is 0 Å². The second kappa shape index (κ2) is 10.6. The Morgan fingerprint density at radius 2 is 1.96 bits per heavy atom. The predicted molar refractivity (Wildman–Crippen MR) is 113 cm³/mol. The van der Waals surface area contributed by atoms with Crippen molar-refractivity contribution in [1.82, 2.24) is 14.9 Å². The van der Waals surface area contributed by atoms with Crippen LogP contribution >= 0.6 is 0 Å². The number of para-hydroxylation sites is 2. The van der Waals surface area contributed by atoms with Gasteiger partial charge in [0.15, 0.2) is 0 Å². The lowest BCUT2D eigenvalue weighted by atomic mass is 10.1. The molecule has 1 aromatic heterocycles. The van der Waals surface area contributed by atoms with Gasteiger partial charge in [-0.15, -0.1) is 0 Å². The van der Waals surface area contributed by atoms with Crippen LogP contribution in [-0.2, 0) is 16.1 Å². The number of nitrogens with zero attached hydrogens (tertiary/aromatic N) is 2. The van der Waals surface area contributed by atoms with Crippen molar-refractivity contribution in [2.24, 2.45) is 0 Å². The minimum Gasteiger partial charge on any atom is -0.368 e. The first-order valence-corrected chi connectivity index (χ1v) is 11.1. The standard InChI is InChI=1S/C23H35N3O2/c1-3-4-5-6-7-8-11-16-26-20-14-10-9-13-19(20)25-22(26)18(2)24-23(27)21-15-12-17-28-21/h9-10,13-14,18,21H,3-8,11-12,15-17H2,1-2H3,(H,24,27). The van der Waals surface area contributed by atoms with E-state index in [1.807, 2.05) is 13.0 Å². The Kier molecular flexibility index (Phi) is 7.90. The molecule has 5 nitrogen and oxygen atoms in total. The number of hydrogen-bond donors (Lipinski definition) is 1. The van der Waals surface area contributed by atoms with E-state index in [0.29, 0.717) is 6.61 Å². The van der Waals surface area contributed by atoms with Crippen LogP contribution in [0.5, 0.6) is 0 Å². The number of carbonyl (C=O) groups is 1. The zero-order valence-corrected chi connectivity index (χ0v) is 17.5. The first-order valence-electron chi connectivity index (χ1n) is 11.1. The van der Waals surface area contributed by atoms with E-state index in [9.17, 15) is 4.79 Å². The highest BCUT2D eigenvalue weighted by Gasteiger charge is 2.26. The van der Waals surface area contributed by atoms with Gasteiger partial charge >= 0.3 is 0 Å². The fraction of sp³-hybridized carbons (Fsp3) is 0.652. The first-order chi connectivity index (χ1) is 13.7. The van der Waals surface area contributed by atoms with Gasteiger partial charge in [-0.3, -0.25) is 4.79 Å². The molecule has 2 aromatic rings. The molecular formula is C23H35N3O2. The molecule has 0 saturated carbocycles. The van der Waals surface area contributed by atoms with E-state index in [4.69, 9.17) is 9.72 Å². The van der Waals surface area contributed by atoms with Crippen LogP contribution in [0, 0.1) is 0 Å². The van der Waals surface area contributed by atoms with E-state index in [1.165, 1.54) is 38.5 Å². The second-order valence-corrected chi connectivity index (χ2v) is 7.96. The maximum Gasteiger partial charge on any atom is 0.249 e. The zero-order chi connectivity index (χ0) is 19.8. The molecule has 1 aliphatic rings. The zero-order valence-electron chi connectivity index (χ0n) is 17.5. The minimum atomic E-state index is -0.302. The summed E-state index contributed by atoms with van der Waals surface area (Å²) in [5, 5.41) is 3.12. The van der Waals surface area contributed by atoms with Crippen molar-refractivity contribution in [3.8, 4) is 0 Å². The summed E-state index contributed by atoms with van der Waals surface area (Å²) >= 11 is 0. The third-order valence-electron chi connectivity index (χ3n) is 5.64. The lowest BCUT2D eigenvalue weighted by molar-refractivity contribution is -0.130. The van der Waals surface area contributed by atoms with Gasteiger partial charge in [0.1, 0.15) is 11.9 Å². The van der Waals surface area contributed by atoms with Crippen LogP contribution in [0.3, 0.4) is 0 Å². The van der Waals surface area contributed by atoms with Crippen molar-refractivity contribution in [3.05, 3.63) is 30.1 Å². The Bertz CT molecular complexity index is 749. The van der Waals surface area contributed by atoms with E-state index >= 15 is 0 Å². The number of nitrogens with one attached hydrogen (secondary N) is 1. The number of aryl methyl sites for hydroxylation is 1. The van der Waals surface area contributed by atoms with Crippen LogP contribution in [0.1, 0.15) is 83.5 Å². The van der Waals surface area contributed by atoms with Gasteiger partial charge in [-0.1, -0.05) is 57.6 Å². The number of benzene rings is 1. The number of aromatic nitrogens is 2. The van der Waals surface area contributed by atoms with E-state index in [2.05, 4.69) is 35.0 Å². The summed E-state index contributed by atoms with van der Waals surface area (Å²) in [6.07, 6.45) is 10.5. The fourth-order valence-electron chi connectivity index (χ4n) is 4.04. The number of fused-ring (bicyclic) bond motifs is 1. The molecule has 1 saturated heterocycles. The topological polar surface area (TPSA) is 56.2 Å². The Morgan fingerprint density at radius 1 is 1.21 bits per heavy atom. The number of ether oxygens (including phenoxy) is 1. The quantitative estimate of drug-likeness (QED) is 0.545. The molecule has 1 aliphatic heterocycles. The van der Waals surface area contributed by atoms with Crippen molar-refractivity contribution in [2.45, 2.75) is 90.3 Å². The van der Waals surface area contributed by atoms with Gasteiger partial charge in [-0.25, -0.2) is 4.98 Å². The molecule has 2 heterocycles. The molecule has 1 amide bonds. The van der Waals surface area contributed by atoms with Crippen molar-refractivity contribution < 1.29 is 9.53 Å². The summed E-state index contributed by atoms with van der Waals surface area (Å²) in [6, 6.07) is 8.13. The van der Waals surface area contributed by atoms with Gasteiger partial charge in [0, 0.05) is 13.2 Å². The van der Waals surface area contributed by atoms with Crippen molar-refractivity contribution in [1.29, 1.82) is 0 Å². The largest absolute Gasteiger partial charge is 0.368 e. The molecule has 0 spiro atoms. The lowest BCUT2D eigenvalue weighted by Gasteiger charge is -2.18. The molecule has 1 N–H and O–H groups in total. The predicted octanol–water partition coefficient (Wildman–Crippen LogP) is 5.14. The summed E-state index contributed by atoms with van der Waals surface area (Å²) in [4.78, 5) is 17.3. The van der Waals surface area contributed by atoms with Crippen LogP contribution in [0.15, 0.2) is 24.3 Å². The Labute approximate surface area is 168 Å². The highest BCUT2D eigenvalue weighted by atomic mass is 16.5. The summed E-state index contributed by atoms with van der Waals surface area (Å²) in [5.74, 6) is 0.929. The molecule has 0 bridgehead atoms. The first kappa shape index (κ1) is 20.8. The number of imidazole rings is 1. The van der Waals surface area contributed by atoms with Gasteiger partial charge in [-0.2, -0.15) is 0 Å². The summed E-state index contributed by atoms with van der Waals surface area (Å²) < 4.78 is 7.81. The molecule has 28 heavy (non-hydrogen) atoms.